The molecule has 2 nitrogen and oxygen atoms in total. The van der Waals surface area contributed by atoms with Gasteiger partial charge in [0, 0.05) is 7.05 Å². The van der Waals surface area contributed by atoms with Gasteiger partial charge in [0.05, 0.1) is 11.4 Å². The van der Waals surface area contributed by atoms with Crippen molar-refractivity contribution >= 4 is 11.4 Å². The standard InChI is InChI=1S/C13H14N2/c1-15(13-10-6-3-7-11-13)14-12-8-4-2-5-9-12/h2-11,14H,1H3. The minimum Gasteiger partial charge on any atom is -0.299 e. The molecule has 0 bridgehead atoms. The summed E-state index contributed by atoms with van der Waals surface area (Å²) in [6.45, 7) is 0. The average Bonchev–Trinajstić information content (AvgIpc) is 2.31. The molecule has 1 N–H and O–H groups in total. The van der Waals surface area contributed by atoms with Gasteiger partial charge in [-0.05, 0) is 24.3 Å². The van der Waals surface area contributed by atoms with E-state index >= 15 is 0 Å². The van der Waals surface area contributed by atoms with Gasteiger partial charge in [0.25, 0.3) is 0 Å². The largest absolute Gasteiger partial charge is 0.299 e. The molecule has 15 heavy (non-hydrogen) atoms. The molecule has 0 radical (unpaired) electrons. The van der Waals surface area contributed by atoms with Gasteiger partial charge in [0.15, 0.2) is 0 Å². The highest BCUT2D eigenvalue weighted by Crippen LogP contribution is 2.13. The van der Waals surface area contributed by atoms with E-state index in [0.29, 0.717) is 0 Å². The van der Waals surface area contributed by atoms with Crippen molar-refractivity contribution in [1.29, 1.82) is 0 Å². The van der Waals surface area contributed by atoms with Gasteiger partial charge in [-0.15, -0.1) is 0 Å². The Morgan fingerprint density at radius 2 is 1.33 bits per heavy atom. The van der Waals surface area contributed by atoms with Crippen LogP contribution < -0.4 is 10.4 Å². The summed E-state index contributed by atoms with van der Waals surface area (Å²) in [5, 5.41) is 2.00. The van der Waals surface area contributed by atoms with E-state index in [0.717, 1.165) is 11.4 Å². The Morgan fingerprint density at radius 3 is 1.93 bits per heavy atom. The van der Waals surface area contributed by atoms with Crippen LogP contribution in [-0.2, 0) is 0 Å². The molecule has 0 fully saturated rings. The molecule has 0 aliphatic carbocycles. The van der Waals surface area contributed by atoms with E-state index < -0.39 is 0 Å². The summed E-state index contributed by atoms with van der Waals surface area (Å²) in [6, 6.07) is 20.3. The van der Waals surface area contributed by atoms with Gasteiger partial charge in [0.2, 0.25) is 0 Å². The molecule has 0 aromatic heterocycles. The van der Waals surface area contributed by atoms with E-state index in [1.54, 1.807) is 0 Å². The zero-order valence-corrected chi connectivity index (χ0v) is 8.72. The van der Waals surface area contributed by atoms with Crippen LogP contribution in [0.3, 0.4) is 0 Å². The Balaban J connectivity index is 2.08. The molecule has 0 saturated heterocycles. The van der Waals surface area contributed by atoms with Crippen molar-refractivity contribution in [1.82, 2.24) is 0 Å². The van der Waals surface area contributed by atoms with Gasteiger partial charge in [-0.25, -0.2) is 0 Å². The Morgan fingerprint density at radius 1 is 0.800 bits per heavy atom. The second-order valence-corrected chi connectivity index (χ2v) is 3.37. The van der Waals surface area contributed by atoms with Crippen LogP contribution in [0.25, 0.3) is 0 Å². The van der Waals surface area contributed by atoms with Crippen LogP contribution >= 0.6 is 0 Å². The van der Waals surface area contributed by atoms with Crippen LogP contribution in [0.2, 0.25) is 0 Å². The molecule has 0 spiro atoms. The van der Waals surface area contributed by atoms with Crippen molar-refractivity contribution < 1.29 is 0 Å². The van der Waals surface area contributed by atoms with Crippen LogP contribution in [0, 0.1) is 0 Å². The summed E-state index contributed by atoms with van der Waals surface area (Å²) in [4.78, 5) is 0. The number of nitrogens with one attached hydrogen (secondary N) is 1. The second kappa shape index (κ2) is 4.51. The van der Waals surface area contributed by atoms with Crippen molar-refractivity contribution in [2.45, 2.75) is 0 Å². The molecule has 2 aromatic carbocycles. The summed E-state index contributed by atoms with van der Waals surface area (Å²) in [7, 11) is 2.00. The molecule has 0 heterocycles. The number of hydrogen-bond donors (Lipinski definition) is 1. The topological polar surface area (TPSA) is 15.3 Å². The van der Waals surface area contributed by atoms with Crippen LogP contribution in [-0.4, -0.2) is 7.05 Å². The highest BCUT2D eigenvalue weighted by atomic mass is 15.5. The van der Waals surface area contributed by atoms with Crippen molar-refractivity contribution in [3.63, 3.8) is 0 Å². The Hall–Kier alpha value is -1.96. The Bertz CT molecular complexity index is 397. The number of hydrazine groups is 1. The first-order valence-corrected chi connectivity index (χ1v) is 4.97. The summed E-state index contributed by atoms with van der Waals surface area (Å²) in [5.74, 6) is 0. The fourth-order valence-corrected chi connectivity index (χ4v) is 1.42. The molecule has 0 unspecified atom stereocenters. The predicted octanol–water partition coefficient (Wildman–Crippen LogP) is 3.15. The van der Waals surface area contributed by atoms with Gasteiger partial charge in [-0.3, -0.25) is 10.4 Å². The van der Waals surface area contributed by atoms with Crippen LogP contribution in [0.5, 0.6) is 0 Å². The van der Waals surface area contributed by atoms with Crippen molar-refractivity contribution in [2.24, 2.45) is 0 Å². The van der Waals surface area contributed by atoms with E-state index in [-0.39, 0.29) is 0 Å². The zero-order valence-electron chi connectivity index (χ0n) is 8.72. The quantitative estimate of drug-likeness (QED) is 0.762. The number of benzene rings is 2. The molecular weight excluding hydrogens is 184 g/mol. The highest BCUT2D eigenvalue weighted by molar-refractivity contribution is 5.53. The van der Waals surface area contributed by atoms with Crippen molar-refractivity contribution in [2.75, 3.05) is 17.5 Å². The first-order valence-electron chi connectivity index (χ1n) is 4.97. The van der Waals surface area contributed by atoms with Gasteiger partial charge < -0.3 is 0 Å². The first-order chi connectivity index (χ1) is 7.36. The van der Waals surface area contributed by atoms with E-state index in [2.05, 4.69) is 17.6 Å². The molecule has 0 amide bonds. The van der Waals surface area contributed by atoms with Crippen LogP contribution in [0.4, 0.5) is 11.4 Å². The molecule has 0 aliphatic heterocycles. The molecule has 0 atom stereocenters. The Kier molecular flexibility index (Phi) is 2.88. The summed E-state index contributed by atoms with van der Waals surface area (Å²) in [5.41, 5.74) is 5.52. The monoisotopic (exact) mass is 198 g/mol. The maximum atomic E-state index is 3.29. The number of rotatable bonds is 3. The van der Waals surface area contributed by atoms with Crippen molar-refractivity contribution in [3.05, 3.63) is 60.7 Å². The second-order valence-electron chi connectivity index (χ2n) is 3.37. The van der Waals surface area contributed by atoms with Crippen LogP contribution in [0.15, 0.2) is 60.7 Å². The lowest BCUT2D eigenvalue weighted by atomic mass is 10.3. The molecular formula is C13H14N2. The maximum absolute atomic E-state index is 3.29. The van der Waals surface area contributed by atoms with E-state index in [1.165, 1.54) is 0 Å². The summed E-state index contributed by atoms with van der Waals surface area (Å²) >= 11 is 0. The molecule has 2 rings (SSSR count). The summed E-state index contributed by atoms with van der Waals surface area (Å²) in [6.07, 6.45) is 0. The fourth-order valence-electron chi connectivity index (χ4n) is 1.42. The molecule has 2 aromatic rings. The lowest BCUT2D eigenvalue weighted by Crippen LogP contribution is -2.24. The Labute approximate surface area is 90.1 Å². The van der Waals surface area contributed by atoms with Crippen molar-refractivity contribution in [3.8, 4) is 0 Å². The van der Waals surface area contributed by atoms with Gasteiger partial charge in [0.1, 0.15) is 0 Å². The molecule has 76 valence electrons. The smallest absolute Gasteiger partial charge is 0.0568 e. The van der Waals surface area contributed by atoms with Gasteiger partial charge in [-0.2, -0.15) is 0 Å². The van der Waals surface area contributed by atoms with Gasteiger partial charge >= 0.3 is 0 Å². The third-order valence-electron chi connectivity index (χ3n) is 2.21. The average molecular weight is 198 g/mol. The lowest BCUT2D eigenvalue weighted by Gasteiger charge is -2.21. The number of nitrogens with zero attached hydrogens (tertiary/aromatic N) is 1. The third kappa shape index (κ3) is 2.50. The SMILES string of the molecule is CN(Nc1ccccc1)c1ccccc1. The fraction of sp³-hybridized carbons (Fsp3) is 0.0769. The van der Waals surface area contributed by atoms with E-state index in [1.807, 2.05) is 60.6 Å². The lowest BCUT2D eigenvalue weighted by molar-refractivity contribution is 1.09. The third-order valence-corrected chi connectivity index (χ3v) is 2.21. The van der Waals surface area contributed by atoms with Gasteiger partial charge in [-0.1, -0.05) is 36.4 Å². The predicted molar refractivity (Wildman–Crippen MR) is 64.9 cm³/mol. The van der Waals surface area contributed by atoms with Crippen LogP contribution in [0.1, 0.15) is 0 Å². The maximum Gasteiger partial charge on any atom is 0.0568 e. The highest BCUT2D eigenvalue weighted by Gasteiger charge is 1.98. The first kappa shape index (κ1) is 9.59. The molecule has 2 heteroatoms. The number of hydrogen-bond acceptors (Lipinski definition) is 2. The normalized spacial score (nSPS) is 9.67. The minimum absolute atomic E-state index is 1.09. The van der Waals surface area contributed by atoms with E-state index in [9.17, 15) is 0 Å². The zero-order chi connectivity index (χ0) is 10.5. The summed E-state index contributed by atoms with van der Waals surface area (Å²) < 4.78 is 0. The minimum atomic E-state index is 1.09. The number of para-hydroxylation sites is 2. The molecule has 0 saturated carbocycles. The molecule has 0 aliphatic rings. The van der Waals surface area contributed by atoms with E-state index in [4.69, 9.17) is 0 Å². The number of anilines is 2.